The minimum atomic E-state index is -0.829. The Kier molecular flexibility index (Phi) is 3.02. The Labute approximate surface area is 96.3 Å². The fourth-order valence-electron chi connectivity index (χ4n) is 2.79. The van der Waals surface area contributed by atoms with Gasteiger partial charge in [0.2, 0.25) is 0 Å². The standard InChI is InChI=1S/C14H19FO/c1-10-6-7-12(15)9-13(10)14(16)8-4-3-5-11(14)2/h6-7,9,11,16H,3-5,8H2,1-2H3. The first kappa shape index (κ1) is 11.6. The van der Waals surface area contributed by atoms with Crippen LogP contribution in [0.15, 0.2) is 18.2 Å². The SMILES string of the molecule is Cc1ccc(F)cc1C1(O)CCCCC1C. The highest BCUT2D eigenvalue weighted by molar-refractivity contribution is 5.33. The van der Waals surface area contributed by atoms with Crippen molar-refractivity contribution in [2.75, 3.05) is 0 Å². The van der Waals surface area contributed by atoms with Crippen molar-refractivity contribution in [3.05, 3.63) is 35.1 Å². The molecule has 2 rings (SSSR count). The Bertz CT molecular complexity index is 388. The largest absolute Gasteiger partial charge is 0.385 e. The average Bonchev–Trinajstić information content (AvgIpc) is 2.26. The third-order valence-corrected chi connectivity index (χ3v) is 3.93. The summed E-state index contributed by atoms with van der Waals surface area (Å²) in [6.45, 7) is 4.00. The second kappa shape index (κ2) is 4.17. The van der Waals surface area contributed by atoms with Crippen molar-refractivity contribution >= 4 is 0 Å². The zero-order valence-electron chi connectivity index (χ0n) is 9.96. The van der Waals surface area contributed by atoms with E-state index in [1.807, 2.05) is 6.92 Å². The number of hydrogen-bond donors (Lipinski definition) is 1. The van der Waals surface area contributed by atoms with Gasteiger partial charge in [0.25, 0.3) is 0 Å². The van der Waals surface area contributed by atoms with E-state index < -0.39 is 5.60 Å². The molecule has 0 bridgehead atoms. The molecular weight excluding hydrogens is 203 g/mol. The van der Waals surface area contributed by atoms with Crippen molar-refractivity contribution < 1.29 is 9.50 Å². The number of aliphatic hydroxyl groups is 1. The van der Waals surface area contributed by atoms with Gasteiger partial charge in [0.1, 0.15) is 5.82 Å². The molecule has 1 saturated carbocycles. The van der Waals surface area contributed by atoms with Crippen LogP contribution in [0.3, 0.4) is 0 Å². The highest BCUT2D eigenvalue weighted by Gasteiger charge is 2.38. The Morgan fingerprint density at radius 1 is 1.38 bits per heavy atom. The van der Waals surface area contributed by atoms with Crippen molar-refractivity contribution in [2.24, 2.45) is 5.92 Å². The Hall–Kier alpha value is -0.890. The molecule has 1 aromatic rings. The summed E-state index contributed by atoms with van der Waals surface area (Å²) in [5.74, 6) is -0.0476. The lowest BCUT2D eigenvalue weighted by atomic mass is 9.71. The van der Waals surface area contributed by atoms with Crippen molar-refractivity contribution in [1.29, 1.82) is 0 Å². The molecule has 1 aliphatic rings. The summed E-state index contributed by atoms with van der Waals surface area (Å²) >= 11 is 0. The van der Waals surface area contributed by atoms with E-state index in [1.165, 1.54) is 12.1 Å². The van der Waals surface area contributed by atoms with Gasteiger partial charge < -0.3 is 5.11 Å². The molecule has 0 spiro atoms. The molecule has 1 aromatic carbocycles. The highest BCUT2D eigenvalue weighted by atomic mass is 19.1. The molecule has 1 N–H and O–H groups in total. The molecule has 16 heavy (non-hydrogen) atoms. The first-order valence-electron chi connectivity index (χ1n) is 6.03. The van der Waals surface area contributed by atoms with Gasteiger partial charge in [0.15, 0.2) is 0 Å². The van der Waals surface area contributed by atoms with E-state index in [2.05, 4.69) is 6.92 Å². The molecule has 2 atom stereocenters. The third-order valence-electron chi connectivity index (χ3n) is 3.93. The van der Waals surface area contributed by atoms with Crippen molar-refractivity contribution in [1.82, 2.24) is 0 Å². The average molecular weight is 222 g/mol. The van der Waals surface area contributed by atoms with Crippen LogP contribution in [0, 0.1) is 18.7 Å². The number of rotatable bonds is 1. The van der Waals surface area contributed by atoms with Crippen molar-refractivity contribution in [3.8, 4) is 0 Å². The van der Waals surface area contributed by atoms with Gasteiger partial charge in [-0.2, -0.15) is 0 Å². The van der Waals surface area contributed by atoms with Crippen LogP contribution >= 0.6 is 0 Å². The summed E-state index contributed by atoms with van der Waals surface area (Å²) in [5, 5.41) is 10.7. The predicted molar refractivity (Wildman–Crippen MR) is 62.7 cm³/mol. The molecule has 0 radical (unpaired) electrons. The van der Waals surface area contributed by atoms with Gasteiger partial charge >= 0.3 is 0 Å². The molecule has 1 aliphatic carbocycles. The molecule has 0 aromatic heterocycles. The molecule has 1 fully saturated rings. The van der Waals surface area contributed by atoms with Gasteiger partial charge in [-0.3, -0.25) is 0 Å². The van der Waals surface area contributed by atoms with Crippen molar-refractivity contribution in [2.45, 2.75) is 45.1 Å². The minimum absolute atomic E-state index is 0.210. The number of aryl methyl sites for hydroxylation is 1. The smallest absolute Gasteiger partial charge is 0.123 e. The Balaban J connectivity index is 2.44. The molecule has 0 aliphatic heterocycles. The molecule has 0 saturated heterocycles. The molecule has 2 unspecified atom stereocenters. The van der Waals surface area contributed by atoms with Crippen LogP contribution in [0.2, 0.25) is 0 Å². The van der Waals surface area contributed by atoms with Crippen molar-refractivity contribution in [3.63, 3.8) is 0 Å². The first-order chi connectivity index (χ1) is 7.54. The van der Waals surface area contributed by atoms with E-state index >= 15 is 0 Å². The molecule has 0 heterocycles. The summed E-state index contributed by atoms with van der Waals surface area (Å²) in [5.41, 5.74) is 0.933. The number of hydrogen-bond acceptors (Lipinski definition) is 1. The van der Waals surface area contributed by atoms with Crippen LogP contribution < -0.4 is 0 Å². The number of halogens is 1. The van der Waals surface area contributed by atoms with E-state index in [0.717, 1.165) is 36.8 Å². The maximum Gasteiger partial charge on any atom is 0.123 e. The molecular formula is C14H19FO. The summed E-state index contributed by atoms with van der Waals surface area (Å²) in [4.78, 5) is 0. The normalized spacial score (nSPS) is 30.4. The van der Waals surface area contributed by atoms with E-state index in [0.29, 0.717) is 0 Å². The van der Waals surface area contributed by atoms with Crippen LogP contribution in [0.5, 0.6) is 0 Å². The quantitative estimate of drug-likeness (QED) is 0.770. The topological polar surface area (TPSA) is 20.2 Å². The fraction of sp³-hybridized carbons (Fsp3) is 0.571. The summed E-state index contributed by atoms with van der Waals surface area (Å²) in [7, 11) is 0. The maximum atomic E-state index is 13.3. The molecule has 2 heteroatoms. The highest BCUT2D eigenvalue weighted by Crippen LogP contribution is 2.42. The Morgan fingerprint density at radius 3 is 2.81 bits per heavy atom. The summed E-state index contributed by atoms with van der Waals surface area (Å²) < 4.78 is 13.3. The summed E-state index contributed by atoms with van der Waals surface area (Å²) in [6.07, 6.45) is 3.96. The predicted octanol–water partition coefficient (Wildman–Crippen LogP) is 3.53. The zero-order chi connectivity index (χ0) is 11.8. The van der Waals surface area contributed by atoms with Gasteiger partial charge in [0, 0.05) is 0 Å². The number of benzene rings is 1. The van der Waals surface area contributed by atoms with Gasteiger partial charge in [0.05, 0.1) is 5.60 Å². The van der Waals surface area contributed by atoms with Crippen LogP contribution in [0.1, 0.15) is 43.7 Å². The van der Waals surface area contributed by atoms with Crippen LogP contribution in [-0.4, -0.2) is 5.11 Å². The second-order valence-corrected chi connectivity index (χ2v) is 5.03. The van der Waals surface area contributed by atoms with Crippen LogP contribution in [0.4, 0.5) is 4.39 Å². The van der Waals surface area contributed by atoms with E-state index in [4.69, 9.17) is 0 Å². The van der Waals surface area contributed by atoms with Gasteiger partial charge in [-0.05, 0) is 48.9 Å². The van der Waals surface area contributed by atoms with Gasteiger partial charge in [-0.1, -0.05) is 25.8 Å². The zero-order valence-corrected chi connectivity index (χ0v) is 9.96. The summed E-state index contributed by atoms with van der Waals surface area (Å²) in [6, 6.07) is 4.71. The van der Waals surface area contributed by atoms with E-state index in [-0.39, 0.29) is 11.7 Å². The lowest BCUT2D eigenvalue weighted by molar-refractivity contribution is -0.0476. The lowest BCUT2D eigenvalue weighted by Crippen LogP contribution is -2.37. The molecule has 88 valence electrons. The Morgan fingerprint density at radius 2 is 2.12 bits per heavy atom. The van der Waals surface area contributed by atoms with Crippen LogP contribution in [0.25, 0.3) is 0 Å². The van der Waals surface area contributed by atoms with Gasteiger partial charge in [-0.25, -0.2) is 4.39 Å². The second-order valence-electron chi connectivity index (χ2n) is 5.03. The monoisotopic (exact) mass is 222 g/mol. The minimum Gasteiger partial charge on any atom is -0.385 e. The van der Waals surface area contributed by atoms with E-state index in [1.54, 1.807) is 6.07 Å². The molecule has 1 nitrogen and oxygen atoms in total. The lowest BCUT2D eigenvalue weighted by Gasteiger charge is -2.39. The first-order valence-corrected chi connectivity index (χ1v) is 6.03. The third kappa shape index (κ3) is 1.86. The van der Waals surface area contributed by atoms with E-state index in [9.17, 15) is 9.50 Å². The van der Waals surface area contributed by atoms with Gasteiger partial charge in [-0.15, -0.1) is 0 Å². The van der Waals surface area contributed by atoms with Crippen LogP contribution in [-0.2, 0) is 5.60 Å². The molecule has 0 amide bonds. The fourth-order valence-corrected chi connectivity index (χ4v) is 2.79. The maximum absolute atomic E-state index is 13.3.